The van der Waals surface area contributed by atoms with Crippen LogP contribution in [0.2, 0.25) is 0 Å². The van der Waals surface area contributed by atoms with Crippen molar-refractivity contribution < 1.29 is 13.5 Å². The molecule has 1 aliphatic heterocycles. The second-order valence-electron chi connectivity index (χ2n) is 9.25. The number of aromatic amines is 1. The van der Waals surface area contributed by atoms with Crippen LogP contribution in [-0.2, 0) is 5.54 Å². The molecular weight excluding hydrogens is 412 g/mol. The lowest BCUT2D eigenvalue weighted by Gasteiger charge is -2.35. The molecule has 2 aromatic heterocycles. The molecule has 0 amide bonds. The Kier molecular flexibility index (Phi) is 3.80. The number of ether oxygens (including phenoxy) is 1. The Hall–Kier alpha value is -3.42. The first kappa shape index (κ1) is 19.3. The Morgan fingerprint density at radius 3 is 2.62 bits per heavy atom. The molecule has 0 spiro atoms. The van der Waals surface area contributed by atoms with E-state index in [1.165, 1.54) is 18.2 Å². The Balaban J connectivity index is 1.71. The summed E-state index contributed by atoms with van der Waals surface area (Å²) in [6, 6.07) is 4.31. The zero-order valence-electron chi connectivity index (χ0n) is 18.3. The van der Waals surface area contributed by atoms with Crippen LogP contribution in [0, 0.1) is 18.6 Å². The molecule has 164 valence electrons. The molecule has 2 N–H and O–H groups in total. The first-order chi connectivity index (χ1) is 15.3. The lowest BCUT2D eigenvalue weighted by Crippen LogP contribution is -2.36. The predicted octanol–water partition coefficient (Wildman–Crippen LogP) is 5.55. The fourth-order valence-electron chi connectivity index (χ4n) is 4.80. The van der Waals surface area contributed by atoms with Crippen molar-refractivity contribution in [3.63, 3.8) is 0 Å². The quantitative estimate of drug-likeness (QED) is 0.443. The van der Waals surface area contributed by atoms with E-state index < -0.39 is 17.2 Å². The third-order valence-corrected chi connectivity index (χ3v) is 6.51. The number of fused-ring (bicyclic) bond motifs is 4. The number of H-pyrrole nitrogens is 1. The average Bonchev–Trinajstić information content (AvgIpc) is 3.38. The second-order valence-corrected chi connectivity index (χ2v) is 9.25. The van der Waals surface area contributed by atoms with Crippen LogP contribution in [0.4, 0.5) is 14.5 Å². The monoisotopic (exact) mass is 435 g/mol. The molecule has 6 rings (SSSR count). The van der Waals surface area contributed by atoms with E-state index in [1.54, 1.807) is 7.11 Å². The first-order valence-corrected chi connectivity index (χ1v) is 10.7. The maximum absolute atomic E-state index is 15.7. The van der Waals surface area contributed by atoms with Crippen LogP contribution in [0.15, 0.2) is 24.4 Å². The summed E-state index contributed by atoms with van der Waals surface area (Å²) < 4.78 is 38.1. The molecule has 4 aromatic rings. The van der Waals surface area contributed by atoms with Gasteiger partial charge in [-0.05, 0) is 57.4 Å². The Labute approximate surface area is 183 Å². The zero-order valence-corrected chi connectivity index (χ0v) is 18.3. The number of anilines is 1. The van der Waals surface area contributed by atoms with E-state index in [-0.39, 0.29) is 0 Å². The molecule has 1 saturated carbocycles. The standard InChI is InChI=1S/C24H23F2N5O/c1-11-10-27-18-14(11)7-13(25)8-15(18)16-9-17(26)19-20(21(16)32-4)31-22(12-5-6-12)29-30-23(31)24(2,3)28-19/h7-10,12,27-28H,5-6H2,1-4H3. The summed E-state index contributed by atoms with van der Waals surface area (Å²) >= 11 is 0. The minimum Gasteiger partial charge on any atom is -0.494 e. The van der Waals surface area contributed by atoms with Crippen molar-refractivity contribution in [2.24, 2.45) is 0 Å². The lowest BCUT2D eigenvalue weighted by molar-refractivity contribution is 0.409. The minimum atomic E-state index is -0.622. The molecule has 0 bridgehead atoms. The lowest BCUT2D eigenvalue weighted by atomic mass is 9.95. The average molecular weight is 435 g/mol. The van der Waals surface area contributed by atoms with Gasteiger partial charge < -0.3 is 15.0 Å². The van der Waals surface area contributed by atoms with E-state index in [1.807, 2.05) is 31.5 Å². The zero-order chi connectivity index (χ0) is 22.4. The van der Waals surface area contributed by atoms with Gasteiger partial charge in [0.2, 0.25) is 0 Å². The molecule has 0 unspecified atom stereocenters. The van der Waals surface area contributed by atoms with Crippen molar-refractivity contribution in [3.8, 4) is 22.6 Å². The maximum Gasteiger partial charge on any atom is 0.163 e. The van der Waals surface area contributed by atoms with Crippen LogP contribution in [-0.4, -0.2) is 26.9 Å². The fourth-order valence-corrected chi connectivity index (χ4v) is 4.80. The molecule has 1 fully saturated rings. The highest BCUT2D eigenvalue weighted by molar-refractivity contribution is 5.99. The SMILES string of the molecule is COc1c(-c2cc(F)cc3c(C)c[nH]c23)cc(F)c2c1-n1c(C3CC3)nnc1C(C)(C)N2. The summed E-state index contributed by atoms with van der Waals surface area (Å²) in [5, 5.41) is 12.9. The van der Waals surface area contributed by atoms with E-state index in [0.29, 0.717) is 40.0 Å². The van der Waals surface area contributed by atoms with Crippen LogP contribution in [0.25, 0.3) is 27.7 Å². The van der Waals surface area contributed by atoms with Crippen LogP contribution >= 0.6 is 0 Å². The van der Waals surface area contributed by atoms with Crippen molar-refractivity contribution >= 4 is 16.6 Å². The van der Waals surface area contributed by atoms with Gasteiger partial charge in [-0.1, -0.05) is 0 Å². The number of aromatic nitrogens is 4. The molecule has 32 heavy (non-hydrogen) atoms. The van der Waals surface area contributed by atoms with Gasteiger partial charge in [0.25, 0.3) is 0 Å². The Morgan fingerprint density at radius 2 is 1.91 bits per heavy atom. The minimum absolute atomic E-state index is 0.293. The largest absolute Gasteiger partial charge is 0.494 e. The van der Waals surface area contributed by atoms with Crippen molar-refractivity contribution in [2.75, 3.05) is 12.4 Å². The van der Waals surface area contributed by atoms with Crippen LogP contribution in [0.5, 0.6) is 5.75 Å². The molecule has 2 aromatic carbocycles. The fraction of sp³-hybridized carbons (Fsp3) is 0.333. The van der Waals surface area contributed by atoms with Gasteiger partial charge in [-0.2, -0.15) is 0 Å². The van der Waals surface area contributed by atoms with Gasteiger partial charge in [0.05, 0.1) is 23.9 Å². The van der Waals surface area contributed by atoms with E-state index in [9.17, 15) is 4.39 Å². The molecule has 6 nitrogen and oxygen atoms in total. The number of hydrogen-bond donors (Lipinski definition) is 2. The van der Waals surface area contributed by atoms with Gasteiger partial charge in [-0.25, -0.2) is 8.78 Å². The summed E-state index contributed by atoms with van der Waals surface area (Å²) in [5.74, 6) is 1.42. The van der Waals surface area contributed by atoms with Crippen molar-refractivity contribution in [2.45, 2.75) is 45.1 Å². The second kappa shape index (κ2) is 6.31. The number of benzene rings is 2. The summed E-state index contributed by atoms with van der Waals surface area (Å²) in [5.41, 5.74) is 2.90. The molecule has 0 saturated heterocycles. The third-order valence-electron chi connectivity index (χ3n) is 6.51. The van der Waals surface area contributed by atoms with Crippen molar-refractivity contribution in [1.82, 2.24) is 19.7 Å². The highest BCUT2D eigenvalue weighted by Crippen LogP contribution is 2.51. The number of aryl methyl sites for hydroxylation is 1. The normalized spacial score (nSPS) is 16.6. The number of hydrogen-bond acceptors (Lipinski definition) is 4. The maximum atomic E-state index is 15.7. The Bertz CT molecular complexity index is 1410. The summed E-state index contributed by atoms with van der Waals surface area (Å²) in [7, 11) is 1.55. The van der Waals surface area contributed by atoms with Gasteiger partial charge in [0.1, 0.15) is 23.1 Å². The molecule has 3 heterocycles. The van der Waals surface area contributed by atoms with E-state index >= 15 is 4.39 Å². The molecule has 8 heteroatoms. The first-order valence-electron chi connectivity index (χ1n) is 10.7. The summed E-state index contributed by atoms with van der Waals surface area (Å²) in [6.45, 7) is 5.81. The third kappa shape index (κ3) is 2.55. The van der Waals surface area contributed by atoms with Gasteiger partial charge in [-0.15, -0.1) is 10.2 Å². The molecule has 0 radical (unpaired) electrons. The van der Waals surface area contributed by atoms with Crippen LogP contribution in [0.1, 0.15) is 49.8 Å². The summed E-state index contributed by atoms with van der Waals surface area (Å²) in [6.07, 6.45) is 3.87. The van der Waals surface area contributed by atoms with E-state index in [2.05, 4.69) is 20.5 Å². The topological polar surface area (TPSA) is 67.8 Å². The van der Waals surface area contributed by atoms with Crippen LogP contribution in [0.3, 0.4) is 0 Å². The molecule has 2 aliphatic rings. The van der Waals surface area contributed by atoms with Crippen molar-refractivity contribution in [1.29, 1.82) is 0 Å². The molecular formula is C24H23F2N5O. The number of halogens is 2. The Morgan fingerprint density at radius 1 is 1.12 bits per heavy atom. The van der Waals surface area contributed by atoms with Gasteiger partial charge in [0.15, 0.2) is 11.6 Å². The van der Waals surface area contributed by atoms with Gasteiger partial charge >= 0.3 is 0 Å². The van der Waals surface area contributed by atoms with Gasteiger partial charge in [-0.3, -0.25) is 4.57 Å². The predicted molar refractivity (Wildman–Crippen MR) is 118 cm³/mol. The van der Waals surface area contributed by atoms with E-state index in [0.717, 1.165) is 35.1 Å². The highest BCUT2D eigenvalue weighted by atomic mass is 19.1. The van der Waals surface area contributed by atoms with Gasteiger partial charge in [0, 0.05) is 28.6 Å². The molecule has 0 atom stereocenters. The van der Waals surface area contributed by atoms with Crippen LogP contribution < -0.4 is 10.1 Å². The smallest absolute Gasteiger partial charge is 0.163 e. The summed E-state index contributed by atoms with van der Waals surface area (Å²) in [4.78, 5) is 3.21. The number of rotatable bonds is 3. The number of nitrogens with one attached hydrogen (secondary N) is 2. The van der Waals surface area contributed by atoms with E-state index in [4.69, 9.17) is 4.74 Å². The number of nitrogens with zero attached hydrogens (tertiary/aromatic N) is 3. The highest BCUT2D eigenvalue weighted by Gasteiger charge is 2.42. The number of methoxy groups -OCH3 is 1. The van der Waals surface area contributed by atoms with Crippen molar-refractivity contribution in [3.05, 3.63) is 53.2 Å². The molecule has 1 aliphatic carbocycles.